The zero-order chi connectivity index (χ0) is 12.6. The van der Waals surface area contributed by atoms with E-state index in [1.54, 1.807) is 0 Å². The number of halogens is 1. The summed E-state index contributed by atoms with van der Waals surface area (Å²) in [4.78, 5) is 11.3. The van der Waals surface area contributed by atoms with Crippen molar-refractivity contribution in [1.82, 2.24) is 9.97 Å². The summed E-state index contributed by atoms with van der Waals surface area (Å²) >= 11 is 6.20. The lowest BCUT2D eigenvalue weighted by Crippen LogP contribution is -2.38. The smallest absolute Gasteiger partial charge is 0.137 e. The van der Waals surface area contributed by atoms with Gasteiger partial charge in [-0.1, -0.05) is 25.4 Å². The van der Waals surface area contributed by atoms with Crippen molar-refractivity contribution in [3.63, 3.8) is 0 Å². The summed E-state index contributed by atoms with van der Waals surface area (Å²) in [6.45, 7) is 6.18. The van der Waals surface area contributed by atoms with Crippen molar-refractivity contribution in [2.45, 2.75) is 52.0 Å². The summed E-state index contributed by atoms with van der Waals surface area (Å²) in [5.74, 6) is 2.14. The third-order valence-electron chi connectivity index (χ3n) is 3.55. The summed E-state index contributed by atoms with van der Waals surface area (Å²) in [7, 11) is 2.11. The largest absolute Gasteiger partial charge is 0.356 e. The second-order valence-electron chi connectivity index (χ2n) is 5.17. The predicted octanol–water partition coefficient (Wildman–Crippen LogP) is 3.55. The molecule has 0 bridgehead atoms. The van der Waals surface area contributed by atoms with Crippen molar-refractivity contribution in [3.8, 4) is 0 Å². The van der Waals surface area contributed by atoms with E-state index in [4.69, 9.17) is 11.6 Å². The van der Waals surface area contributed by atoms with E-state index in [0.29, 0.717) is 17.1 Å². The van der Waals surface area contributed by atoms with Crippen LogP contribution in [0, 0.1) is 6.92 Å². The minimum Gasteiger partial charge on any atom is -0.356 e. The maximum atomic E-state index is 6.20. The van der Waals surface area contributed by atoms with E-state index in [1.807, 2.05) is 6.92 Å². The summed E-state index contributed by atoms with van der Waals surface area (Å²) in [5.41, 5.74) is 0.991. The van der Waals surface area contributed by atoms with Crippen LogP contribution < -0.4 is 4.90 Å². The van der Waals surface area contributed by atoms with Crippen LogP contribution in [0.25, 0.3) is 0 Å². The molecule has 0 radical (unpaired) electrons. The predicted molar refractivity (Wildman–Crippen MR) is 71.9 cm³/mol. The highest BCUT2D eigenvalue weighted by atomic mass is 35.5. The molecule has 0 amide bonds. The fraction of sp³-hybridized carbons (Fsp3) is 0.692. The first-order chi connectivity index (χ1) is 8.00. The molecule has 0 spiro atoms. The van der Waals surface area contributed by atoms with Crippen LogP contribution in [0.2, 0.25) is 5.15 Å². The van der Waals surface area contributed by atoms with Crippen LogP contribution >= 0.6 is 11.6 Å². The molecule has 1 aromatic rings. The third-order valence-corrected chi connectivity index (χ3v) is 3.92. The fourth-order valence-corrected chi connectivity index (χ4v) is 2.21. The molecule has 0 N–H and O–H groups in total. The number of hydrogen-bond acceptors (Lipinski definition) is 3. The molecule has 0 unspecified atom stereocenters. The van der Waals surface area contributed by atoms with Gasteiger partial charge in [0.05, 0.1) is 0 Å². The highest BCUT2D eigenvalue weighted by Crippen LogP contribution is 2.31. The van der Waals surface area contributed by atoms with Crippen molar-refractivity contribution in [1.29, 1.82) is 0 Å². The molecule has 0 atom stereocenters. The lowest BCUT2D eigenvalue weighted by molar-refractivity contribution is 0.398. The number of anilines is 1. The van der Waals surface area contributed by atoms with Crippen LogP contribution in [0.3, 0.4) is 0 Å². The van der Waals surface area contributed by atoms with E-state index in [0.717, 1.165) is 17.2 Å². The molecule has 94 valence electrons. The maximum absolute atomic E-state index is 6.20. The first-order valence-corrected chi connectivity index (χ1v) is 6.65. The Kier molecular flexibility index (Phi) is 3.57. The van der Waals surface area contributed by atoms with Gasteiger partial charge in [0.15, 0.2) is 0 Å². The molecule has 0 aliphatic heterocycles. The molecule has 1 saturated carbocycles. The summed E-state index contributed by atoms with van der Waals surface area (Å²) in [6.07, 6.45) is 3.84. The molecule has 1 aromatic heterocycles. The second kappa shape index (κ2) is 4.81. The maximum Gasteiger partial charge on any atom is 0.137 e. The van der Waals surface area contributed by atoms with E-state index in [-0.39, 0.29) is 0 Å². The Balaban J connectivity index is 2.36. The SMILES string of the molecule is Cc1c(Cl)nc(C(C)C)nc1N(C)C1CCC1. The topological polar surface area (TPSA) is 29.0 Å². The molecule has 1 fully saturated rings. The van der Waals surface area contributed by atoms with E-state index in [1.165, 1.54) is 19.3 Å². The van der Waals surface area contributed by atoms with Gasteiger partial charge in [-0.05, 0) is 26.2 Å². The van der Waals surface area contributed by atoms with E-state index in [9.17, 15) is 0 Å². The van der Waals surface area contributed by atoms with Gasteiger partial charge in [0.2, 0.25) is 0 Å². The monoisotopic (exact) mass is 253 g/mol. The van der Waals surface area contributed by atoms with Gasteiger partial charge >= 0.3 is 0 Å². The Morgan fingerprint density at radius 1 is 1.29 bits per heavy atom. The normalized spacial score (nSPS) is 16.1. The van der Waals surface area contributed by atoms with Crippen LogP contribution in [-0.2, 0) is 0 Å². The van der Waals surface area contributed by atoms with Crippen molar-refractivity contribution in [2.24, 2.45) is 0 Å². The van der Waals surface area contributed by atoms with Gasteiger partial charge in [-0.15, -0.1) is 0 Å². The average molecular weight is 254 g/mol. The lowest BCUT2D eigenvalue weighted by Gasteiger charge is -2.36. The highest BCUT2D eigenvalue weighted by molar-refractivity contribution is 6.30. The van der Waals surface area contributed by atoms with E-state index in [2.05, 4.69) is 35.8 Å². The number of nitrogens with zero attached hydrogens (tertiary/aromatic N) is 3. The fourth-order valence-electron chi connectivity index (χ4n) is 2.04. The van der Waals surface area contributed by atoms with E-state index >= 15 is 0 Å². The van der Waals surface area contributed by atoms with Gasteiger partial charge in [-0.2, -0.15) is 0 Å². The van der Waals surface area contributed by atoms with Crippen LogP contribution in [-0.4, -0.2) is 23.1 Å². The minimum atomic E-state index is 0.307. The first-order valence-electron chi connectivity index (χ1n) is 6.27. The van der Waals surface area contributed by atoms with Crippen LogP contribution in [0.5, 0.6) is 0 Å². The van der Waals surface area contributed by atoms with Crippen molar-refractivity contribution >= 4 is 17.4 Å². The zero-order valence-electron chi connectivity index (χ0n) is 11.0. The molecule has 0 saturated heterocycles. The zero-order valence-corrected chi connectivity index (χ0v) is 11.8. The van der Waals surface area contributed by atoms with Crippen LogP contribution in [0.1, 0.15) is 50.4 Å². The minimum absolute atomic E-state index is 0.307. The summed E-state index contributed by atoms with van der Waals surface area (Å²) < 4.78 is 0. The quantitative estimate of drug-likeness (QED) is 0.772. The molecule has 1 heterocycles. The Bertz CT molecular complexity index is 413. The molecule has 3 nitrogen and oxygen atoms in total. The molecular weight excluding hydrogens is 234 g/mol. The van der Waals surface area contributed by atoms with Gasteiger partial charge in [-0.3, -0.25) is 0 Å². The van der Waals surface area contributed by atoms with Crippen LogP contribution in [0.4, 0.5) is 5.82 Å². The third kappa shape index (κ3) is 2.39. The lowest BCUT2D eigenvalue weighted by atomic mass is 9.92. The van der Waals surface area contributed by atoms with Gasteiger partial charge in [0, 0.05) is 24.6 Å². The molecular formula is C13H20ClN3. The number of rotatable bonds is 3. The van der Waals surface area contributed by atoms with Gasteiger partial charge in [0.25, 0.3) is 0 Å². The van der Waals surface area contributed by atoms with Gasteiger partial charge in [-0.25, -0.2) is 9.97 Å². The van der Waals surface area contributed by atoms with Gasteiger partial charge < -0.3 is 4.90 Å². The summed E-state index contributed by atoms with van der Waals surface area (Å²) in [6, 6.07) is 0.625. The standard InChI is InChI=1S/C13H20ClN3/c1-8(2)12-15-11(14)9(3)13(16-12)17(4)10-6-5-7-10/h8,10H,5-7H2,1-4H3. The molecule has 1 aliphatic rings. The molecule has 0 aromatic carbocycles. The van der Waals surface area contributed by atoms with Crippen LogP contribution in [0.15, 0.2) is 0 Å². The number of hydrogen-bond donors (Lipinski definition) is 0. The Morgan fingerprint density at radius 3 is 2.41 bits per heavy atom. The summed E-state index contributed by atoms with van der Waals surface area (Å²) in [5, 5.41) is 0.588. The Morgan fingerprint density at radius 2 is 1.94 bits per heavy atom. The molecule has 17 heavy (non-hydrogen) atoms. The highest BCUT2D eigenvalue weighted by Gasteiger charge is 2.25. The van der Waals surface area contributed by atoms with Crippen molar-refractivity contribution < 1.29 is 0 Å². The number of aromatic nitrogens is 2. The molecule has 4 heteroatoms. The van der Waals surface area contributed by atoms with Gasteiger partial charge in [0.1, 0.15) is 16.8 Å². The first kappa shape index (κ1) is 12.6. The average Bonchev–Trinajstić information content (AvgIpc) is 2.18. The molecule has 2 rings (SSSR count). The Hall–Kier alpha value is -0.830. The van der Waals surface area contributed by atoms with Crippen molar-refractivity contribution in [2.75, 3.05) is 11.9 Å². The second-order valence-corrected chi connectivity index (χ2v) is 5.53. The van der Waals surface area contributed by atoms with E-state index < -0.39 is 0 Å². The molecule has 1 aliphatic carbocycles. The Labute approximate surface area is 108 Å². The van der Waals surface area contributed by atoms with Crippen molar-refractivity contribution in [3.05, 3.63) is 16.5 Å².